The van der Waals surface area contributed by atoms with Crippen molar-refractivity contribution in [1.82, 2.24) is 0 Å². The van der Waals surface area contributed by atoms with Crippen molar-refractivity contribution in [3.63, 3.8) is 0 Å². The zero-order valence-electron chi connectivity index (χ0n) is 10.3. The van der Waals surface area contributed by atoms with E-state index < -0.39 is 17.7 Å². The number of anilines is 1. The van der Waals surface area contributed by atoms with E-state index in [2.05, 4.69) is 15.9 Å². The van der Waals surface area contributed by atoms with Crippen LogP contribution in [0.5, 0.6) is 0 Å². The standard InChI is InChI=1S/C12H14BrF2NO2/c1-12(2,3)6-16(11(17)18)10-5-9(15)8(14)4-7(10)13/h4-5H,6H2,1-3H3,(H,17,18). The molecule has 0 atom stereocenters. The van der Waals surface area contributed by atoms with E-state index in [0.717, 1.165) is 17.0 Å². The largest absolute Gasteiger partial charge is 0.465 e. The maximum absolute atomic E-state index is 13.2. The van der Waals surface area contributed by atoms with Crippen LogP contribution in [-0.2, 0) is 0 Å². The van der Waals surface area contributed by atoms with E-state index in [9.17, 15) is 13.6 Å². The molecule has 1 rings (SSSR count). The monoisotopic (exact) mass is 321 g/mol. The van der Waals surface area contributed by atoms with Gasteiger partial charge in [-0.1, -0.05) is 20.8 Å². The summed E-state index contributed by atoms with van der Waals surface area (Å²) in [4.78, 5) is 12.2. The average Bonchev–Trinajstić information content (AvgIpc) is 2.19. The second kappa shape index (κ2) is 5.22. The fourth-order valence-corrected chi connectivity index (χ4v) is 1.98. The van der Waals surface area contributed by atoms with Gasteiger partial charge in [0.05, 0.1) is 5.69 Å². The lowest BCUT2D eigenvalue weighted by molar-refractivity contribution is 0.198. The molecule has 0 aliphatic heterocycles. The third-order valence-corrected chi connectivity index (χ3v) is 2.78. The summed E-state index contributed by atoms with van der Waals surface area (Å²) in [7, 11) is 0. The van der Waals surface area contributed by atoms with Crippen molar-refractivity contribution in [3.8, 4) is 0 Å². The van der Waals surface area contributed by atoms with Gasteiger partial charge in [0.2, 0.25) is 0 Å². The summed E-state index contributed by atoms with van der Waals surface area (Å²) < 4.78 is 26.4. The highest BCUT2D eigenvalue weighted by atomic mass is 79.9. The van der Waals surface area contributed by atoms with Crippen LogP contribution >= 0.6 is 15.9 Å². The van der Waals surface area contributed by atoms with Crippen molar-refractivity contribution in [3.05, 3.63) is 28.2 Å². The van der Waals surface area contributed by atoms with Crippen molar-refractivity contribution in [2.75, 3.05) is 11.4 Å². The van der Waals surface area contributed by atoms with Crippen LogP contribution in [0.25, 0.3) is 0 Å². The Morgan fingerprint density at radius 2 is 1.83 bits per heavy atom. The molecule has 1 aromatic carbocycles. The molecule has 1 N–H and O–H groups in total. The fourth-order valence-electron chi connectivity index (χ4n) is 1.45. The number of benzene rings is 1. The number of hydrogen-bond donors (Lipinski definition) is 1. The molecule has 0 heterocycles. The molecule has 0 spiro atoms. The lowest BCUT2D eigenvalue weighted by atomic mass is 9.96. The molecule has 0 aromatic heterocycles. The van der Waals surface area contributed by atoms with Crippen LogP contribution in [0.3, 0.4) is 0 Å². The molecule has 0 unspecified atom stereocenters. The lowest BCUT2D eigenvalue weighted by Crippen LogP contribution is -2.37. The van der Waals surface area contributed by atoms with Crippen molar-refractivity contribution in [1.29, 1.82) is 0 Å². The van der Waals surface area contributed by atoms with Gasteiger partial charge in [0.1, 0.15) is 0 Å². The first-order chi connectivity index (χ1) is 8.11. The minimum absolute atomic E-state index is 0.0938. The molecule has 0 fully saturated rings. The molecule has 0 aliphatic carbocycles. The molecule has 6 heteroatoms. The van der Waals surface area contributed by atoms with Gasteiger partial charge < -0.3 is 5.11 Å². The fraction of sp³-hybridized carbons (Fsp3) is 0.417. The molecule has 100 valence electrons. The maximum atomic E-state index is 13.2. The topological polar surface area (TPSA) is 40.5 Å². The first-order valence-electron chi connectivity index (χ1n) is 5.27. The number of nitrogens with zero attached hydrogens (tertiary/aromatic N) is 1. The summed E-state index contributed by atoms with van der Waals surface area (Å²) in [5.74, 6) is -2.10. The van der Waals surface area contributed by atoms with Crippen molar-refractivity contribution in [2.24, 2.45) is 5.41 Å². The predicted molar refractivity (Wildman–Crippen MR) is 68.9 cm³/mol. The summed E-state index contributed by atoms with van der Waals surface area (Å²) >= 11 is 3.05. The van der Waals surface area contributed by atoms with Gasteiger partial charge >= 0.3 is 6.09 Å². The Balaban J connectivity index is 3.22. The third-order valence-electron chi connectivity index (χ3n) is 2.14. The van der Waals surface area contributed by atoms with Crippen LogP contribution in [0, 0.1) is 17.0 Å². The van der Waals surface area contributed by atoms with E-state index in [-0.39, 0.29) is 22.1 Å². The second-order valence-corrected chi connectivity index (χ2v) is 6.00. The molecule has 18 heavy (non-hydrogen) atoms. The minimum Gasteiger partial charge on any atom is -0.465 e. The number of carbonyl (C=O) groups is 1. The molecule has 3 nitrogen and oxygen atoms in total. The Morgan fingerprint density at radius 1 is 1.33 bits per heavy atom. The maximum Gasteiger partial charge on any atom is 0.411 e. The first-order valence-corrected chi connectivity index (χ1v) is 6.06. The number of hydrogen-bond acceptors (Lipinski definition) is 1. The zero-order valence-corrected chi connectivity index (χ0v) is 11.9. The summed E-state index contributed by atoms with van der Waals surface area (Å²) in [5.41, 5.74) is -0.209. The smallest absolute Gasteiger partial charge is 0.411 e. The van der Waals surface area contributed by atoms with Crippen LogP contribution in [0.15, 0.2) is 16.6 Å². The van der Waals surface area contributed by atoms with Gasteiger partial charge in [0.15, 0.2) is 11.6 Å². The first kappa shape index (κ1) is 14.9. The normalized spacial score (nSPS) is 11.4. The molecule has 0 saturated heterocycles. The molecule has 0 radical (unpaired) electrons. The Labute approximate surface area is 113 Å². The molecule has 0 bridgehead atoms. The van der Waals surface area contributed by atoms with E-state index in [1.54, 1.807) is 0 Å². The van der Waals surface area contributed by atoms with Gasteiger partial charge in [-0.15, -0.1) is 0 Å². The Morgan fingerprint density at radius 3 is 2.28 bits per heavy atom. The third kappa shape index (κ3) is 3.66. The van der Waals surface area contributed by atoms with Crippen molar-refractivity contribution < 1.29 is 18.7 Å². The van der Waals surface area contributed by atoms with Crippen molar-refractivity contribution in [2.45, 2.75) is 20.8 Å². The number of carboxylic acid groups (broad SMARTS) is 1. The van der Waals surface area contributed by atoms with Gasteiger partial charge in [-0.25, -0.2) is 13.6 Å². The highest BCUT2D eigenvalue weighted by molar-refractivity contribution is 9.10. The van der Waals surface area contributed by atoms with E-state index in [1.165, 1.54) is 0 Å². The van der Waals surface area contributed by atoms with Crippen LogP contribution < -0.4 is 4.90 Å². The minimum atomic E-state index is -1.21. The highest BCUT2D eigenvalue weighted by Crippen LogP contribution is 2.31. The van der Waals surface area contributed by atoms with Gasteiger partial charge in [0, 0.05) is 17.1 Å². The summed E-state index contributed by atoms with van der Waals surface area (Å²) in [6.45, 7) is 5.75. The molecule has 1 aromatic rings. The quantitative estimate of drug-likeness (QED) is 0.827. The van der Waals surface area contributed by atoms with Gasteiger partial charge in [-0.05, 0) is 27.4 Å². The molecular weight excluding hydrogens is 308 g/mol. The predicted octanol–water partition coefficient (Wildman–Crippen LogP) is 4.26. The van der Waals surface area contributed by atoms with Crippen LogP contribution in [0.2, 0.25) is 0 Å². The van der Waals surface area contributed by atoms with Gasteiger partial charge in [0.25, 0.3) is 0 Å². The van der Waals surface area contributed by atoms with Crippen molar-refractivity contribution >= 4 is 27.7 Å². The van der Waals surface area contributed by atoms with Crippen LogP contribution in [0.1, 0.15) is 20.8 Å². The molecule has 1 amide bonds. The van der Waals surface area contributed by atoms with E-state index in [1.807, 2.05) is 20.8 Å². The SMILES string of the molecule is CC(C)(C)CN(C(=O)O)c1cc(F)c(F)cc1Br. The summed E-state index contributed by atoms with van der Waals surface area (Å²) in [6.07, 6.45) is -1.21. The number of rotatable bonds is 2. The van der Waals surface area contributed by atoms with E-state index in [4.69, 9.17) is 5.11 Å². The average molecular weight is 322 g/mol. The summed E-state index contributed by atoms with van der Waals surface area (Å²) in [5, 5.41) is 9.16. The highest BCUT2D eigenvalue weighted by Gasteiger charge is 2.24. The molecular formula is C12H14BrF2NO2. The molecule has 0 saturated carbocycles. The Hall–Kier alpha value is -1.17. The van der Waals surface area contributed by atoms with E-state index >= 15 is 0 Å². The zero-order chi connectivity index (χ0) is 14.1. The number of halogens is 3. The second-order valence-electron chi connectivity index (χ2n) is 5.15. The van der Waals surface area contributed by atoms with Crippen LogP contribution in [-0.4, -0.2) is 17.7 Å². The Bertz CT molecular complexity index is 472. The number of amides is 1. The summed E-state index contributed by atoms with van der Waals surface area (Å²) in [6, 6.07) is 1.79. The van der Waals surface area contributed by atoms with E-state index in [0.29, 0.717) is 0 Å². The van der Waals surface area contributed by atoms with Gasteiger partial charge in [-0.2, -0.15) is 0 Å². The molecule has 0 aliphatic rings. The van der Waals surface area contributed by atoms with Gasteiger partial charge in [-0.3, -0.25) is 4.90 Å². The lowest BCUT2D eigenvalue weighted by Gasteiger charge is -2.28. The van der Waals surface area contributed by atoms with Crippen LogP contribution in [0.4, 0.5) is 19.3 Å². The Kier molecular flexibility index (Phi) is 4.32.